The lowest BCUT2D eigenvalue weighted by Gasteiger charge is -2.11. The van der Waals surface area contributed by atoms with Crippen molar-refractivity contribution < 1.29 is 30.0 Å². The number of carboxylic acid groups (broad SMARTS) is 1. The van der Waals surface area contributed by atoms with E-state index < -0.39 is 34.7 Å². The van der Waals surface area contributed by atoms with Crippen LogP contribution in [0.1, 0.15) is 15.9 Å². The second kappa shape index (κ2) is 5.09. The fourth-order valence-corrected chi connectivity index (χ4v) is 1.33. The van der Waals surface area contributed by atoms with Gasteiger partial charge in [-0.25, -0.2) is 4.79 Å². The molecule has 0 saturated carbocycles. The van der Waals surface area contributed by atoms with Gasteiger partial charge < -0.3 is 25.7 Å². The predicted octanol–water partition coefficient (Wildman–Crippen LogP) is 0.304. The maximum absolute atomic E-state index is 11.0. The Bertz CT molecular complexity index is 523. The molecule has 0 unspecified atom stereocenters. The van der Waals surface area contributed by atoms with E-state index >= 15 is 0 Å². The summed E-state index contributed by atoms with van der Waals surface area (Å²) in [5.74, 6) is -4.60. The number of amides is 1. The Labute approximate surface area is 102 Å². The Morgan fingerprint density at radius 2 is 1.89 bits per heavy atom. The highest BCUT2D eigenvalue weighted by molar-refractivity contribution is 5.94. The lowest BCUT2D eigenvalue weighted by Crippen LogP contribution is -2.21. The van der Waals surface area contributed by atoms with E-state index in [0.29, 0.717) is 0 Å². The van der Waals surface area contributed by atoms with Gasteiger partial charge in [0.05, 0.1) is 0 Å². The topological polar surface area (TPSA) is 127 Å². The standard InChI is InChI=1S/C11H11NO6/c1-2-7(14)12-4-5-3-6(13)9(15)10(16)8(5)11(17)18/h2-3,13,15-16H,1,4H2,(H,12,14)(H,17,18). The van der Waals surface area contributed by atoms with Crippen molar-refractivity contribution in [1.29, 1.82) is 0 Å². The molecule has 1 aromatic rings. The molecule has 96 valence electrons. The first kappa shape index (κ1) is 13.4. The number of aromatic hydroxyl groups is 3. The zero-order valence-electron chi connectivity index (χ0n) is 9.17. The maximum Gasteiger partial charge on any atom is 0.339 e. The first-order chi connectivity index (χ1) is 8.38. The van der Waals surface area contributed by atoms with Gasteiger partial charge >= 0.3 is 5.97 Å². The summed E-state index contributed by atoms with van der Waals surface area (Å²) in [5.41, 5.74) is -0.639. The van der Waals surface area contributed by atoms with E-state index in [1.165, 1.54) is 0 Å². The molecule has 0 fully saturated rings. The third kappa shape index (κ3) is 2.51. The van der Waals surface area contributed by atoms with Gasteiger partial charge in [-0.1, -0.05) is 6.58 Å². The van der Waals surface area contributed by atoms with Gasteiger partial charge in [0.25, 0.3) is 0 Å². The van der Waals surface area contributed by atoms with E-state index in [-0.39, 0.29) is 12.1 Å². The maximum atomic E-state index is 11.0. The average molecular weight is 253 g/mol. The molecular formula is C11H11NO6. The highest BCUT2D eigenvalue weighted by atomic mass is 16.4. The molecule has 0 radical (unpaired) electrons. The largest absolute Gasteiger partial charge is 0.504 e. The Hall–Kier alpha value is -2.70. The lowest BCUT2D eigenvalue weighted by atomic mass is 10.0. The van der Waals surface area contributed by atoms with Crippen LogP contribution in [0.4, 0.5) is 0 Å². The quantitative estimate of drug-likeness (QED) is 0.388. The Kier molecular flexibility index (Phi) is 3.78. The minimum Gasteiger partial charge on any atom is -0.504 e. The van der Waals surface area contributed by atoms with Crippen molar-refractivity contribution in [2.24, 2.45) is 0 Å². The molecule has 0 aliphatic carbocycles. The van der Waals surface area contributed by atoms with Crippen LogP contribution in [0.15, 0.2) is 18.7 Å². The van der Waals surface area contributed by atoms with Gasteiger partial charge in [0, 0.05) is 6.54 Å². The summed E-state index contributed by atoms with van der Waals surface area (Å²) in [4.78, 5) is 21.9. The van der Waals surface area contributed by atoms with E-state index in [2.05, 4.69) is 11.9 Å². The molecule has 1 aromatic carbocycles. The minimum absolute atomic E-state index is 0.0505. The van der Waals surface area contributed by atoms with Crippen molar-refractivity contribution in [2.45, 2.75) is 6.54 Å². The van der Waals surface area contributed by atoms with Gasteiger partial charge in [-0.3, -0.25) is 4.79 Å². The summed E-state index contributed by atoms with van der Waals surface area (Å²) in [7, 11) is 0. The van der Waals surface area contributed by atoms with Gasteiger partial charge in [0.15, 0.2) is 11.5 Å². The normalized spacial score (nSPS) is 9.78. The van der Waals surface area contributed by atoms with Crippen LogP contribution in [0.3, 0.4) is 0 Å². The number of phenols is 3. The smallest absolute Gasteiger partial charge is 0.339 e. The van der Waals surface area contributed by atoms with Crippen LogP contribution in [0.5, 0.6) is 17.2 Å². The number of carbonyl (C=O) groups is 2. The van der Waals surface area contributed by atoms with E-state index in [1.54, 1.807) is 0 Å². The van der Waals surface area contributed by atoms with Gasteiger partial charge in [0.1, 0.15) is 5.56 Å². The third-order valence-corrected chi connectivity index (χ3v) is 2.19. The molecule has 7 heteroatoms. The van der Waals surface area contributed by atoms with Gasteiger partial charge in [-0.2, -0.15) is 0 Å². The SMILES string of the molecule is C=CC(=O)NCc1cc(O)c(O)c(O)c1C(=O)O. The zero-order valence-corrected chi connectivity index (χ0v) is 9.17. The molecule has 0 spiro atoms. The summed E-state index contributed by atoms with van der Waals surface area (Å²) in [5, 5.41) is 39.1. The number of nitrogens with one attached hydrogen (secondary N) is 1. The zero-order chi connectivity index (χ0) is 13.9. The number of rotatable bonds is 4. The van der Waals surface area contributed by atoms with Crippen molar-refractivity contribution in [1.82, 2.24) is 5.32 Å². The van der Waals surface area contributed by atoms with Crippen LogP contribution in [-0.4, -0.2) is 32.3 Å². The fourth-order valence-electron chi connectivity index (χ4n) is 1.33. The first-order valence-electron chi connectivity index (χ1n) is 4.78. The Balaban J connectivity index is 3.21. The van der Waals surface area contributed by atoms with Crippen molar-refractivity contribution in [2.75, 3.05) is 0 Å². The van der Waals surface area contributed by atoms with Gasteiger partial charge in [-0.05, 0) is 17.7 Å². The van der Waals surface area contributed by atoms with E-state index in [9.17, 15) is 24.9 Å². The lowest BCUT2D eigenvalue weighted by molar-refractivity contribution is -0.116. The van der Waals surface area contributed by atoms with Crippen LogP contribution in [0, 0.1) is 0 Å². The number of carboxylic acids is 1. The molecule has 18 heavy (non-hydrogen) atoms. The number of hydrogen-bond acceptors (Lipinski definition) is 5. The summed E-state index contributed by atoms with van der Waals surface area (Å²) < 4.78 is 0. The Morgan fingerprint density at radius 1 is 1.28 bits per heavy atom. The molecule has 7 nitrogen and oxygen atoms in total. The number of hydrogen-bond donors (Lipinski definition) is 5. The molecule has 5 N–H and O–H groups in total. The molecule has 1 amide bonds. The van der Waals surface area contributed by atoms with Crippen molar-refractivity contribution in [3.8, 4) is 17.2 Å². The molecule has 0 aliphatic heterocycles. The third-order valence-electron chi connectivity index (χ3n) is 2.19. The Morgan fingerprint density at radius 3 is 2.39 bits per heavy atom. The number of phenolic OH excluding ortho intramolecular Hbond substituents is 2. The van der Waals surface area contributed by atoms with Gasteiger partial charge in [-0.15, -0.1) is 0 Å². The van der Waals surface area contributed by atoms with E-state index in [1.807, 2.05) is 0 Å². The number of benzene rings is 1. The van der Waals surface area contributed by atoms with Crippen molar-refractivity contribution >= 4 is 11.9 Å². The number of aromatic carboxylic acids is 1. The molecule has 0 aromatic heterocycles. The summed E-state index contributed by atoms with van der Waals surface area (Å²) in [6, 6.07) is 0.946. The average Bonchev–Trinajstić information content (AvgIpc) is 2.32. The summed E-state index contributed by atoms with van der Waals surface area (Å²) >= 11 is 0. The molecule has 0 bridgehead atoms. The van der Waals surface area contributed by atoms with Crippen LogP contribution < -0.4 is 5.32 Å². The monoisotopic (exact) mass is 253 g/mol. The molecule has 1 rings (SSSR count). The van der Waals surface area contributed by atoms with Crippen LogP contribution in [-0.2, 0) is 11.3 Å². The molecule has 0 aliphatic rings. The van der Waals surface area contributed by atoms with Crippen LogP contribution >= 0.6 is 0 Å². The minimum atomic E-state index is -1.49. The highest BCUT2D eigenvalue weighted by Crippen LogP contribution is 2.39. The highest BCUT2D eigenvalue weighted by Gasteiger charge is 2.22. The molecular weight excluding hydrogens is 242 g/mol. The van der Waals surface area contributed by atoms with Crippen LogP contribution in [0.2, 0.25) is 0 Å². The van der Waals surface area contributed by atoms with E-state index in [4.69, 9.17) is 5.11 Å². The first-order valence-corrected chi connectivity index (χ1v) is 4.78. The summed E-state index contributed by atoms with van der Waals surface area (Å²) in [6.45, 7) is 2.97. The summed E-state index contributed by atoms with van der Waals surface area (Å²) in [6.07, 6.45) is 0.987. The van der Waals surface area contributed by atoms with Gasteiger partial charge in [0.2, 0.25) is 11.7 Å². The van der Waals surface area contributed by atoms with Crippen molar-refractivity contribution in [3.63, 3.8) is 0 Å². The predicted molar refractivity (Wildman–Crippen MR) is 60.4 cm³/mol. The second-order valence-corrected chi connectivity index (χ2v) is 3.35. The van der Waals surface area contributed by atoms with Crippen molar-refractivity contribution in [3.05, 3.63) is 29.8 Å². The molecule has 0 atom stereocenters. The molecule has 0 saturated heterocycles. The van der Waals surface area contributed by atoms with Crippen LogP contribution in [0.25, 0.3) is 0 Å². The number of carbonyl (C=O) groups excluding carboxylic acids is 1. The fraction of sp³-hybridized carbons (Fsp3) is 0.0909. The molecule has 0 heterocycles. The second-order valence-electron chi connectivity index (χ2n) is 3.35. The van der Waals surface area contributed by atoms with E-state index in [0.717, 1.165) is 12.1 Å².